The van der Waals surface area contributed by atoms with Crippen molar-refractivity contribution in [1.29, 1.82) is 0 Å². The van der Waals surface area contributed by atoms with Crippen LogP contribution in [0.15, 0.2) is 36.7 Å². The molecule has 1 unspecified atom stereocenters. The van der Waals surface area contributed by atoms with Crippen molar-refractivity contribution in [2.75, 3.05) is 25.3 Å². The Bertz CT molecular complexity index is 831. The van der Waals surface area contributed by atoms with Crippen molar-refractivity contribution in [1.82, 2.24) is 9.97 Å². The Balaban J connectivity index is 1.58. The molecule has 0 saturated carbocycles. The molecule has 1 atom stereocenters. The summed E-state index contributed by atoms with van der Waals surface area (Å²) >= 11 is 7.64. The second-order valence-corrected chi connectivity index (χ2v) is 7.03. The Kier molecular flexibility index (Phi) is 4.62. The Morgan fingerprint density at radius 3 is 2.92 bits per heavy atom. The normalized spacial score (nSPS) is 18.0. The Hall–Kier alpha value is -1.73. The first-order valence-electron chi connectivity index (χ1n) is 7.73. The molecule has 124 valence electrons. The largest absolute Gasteiger partial charge is 0.366 e. The fourth-order valence-corrected chi connectivity index (χ4v) is 3.82. The molecule has 0 radical (unpaired) electrons. The molecule has 1 aliphatic heterocycles. The van der Waals surface area contributed by atoms with Gasteiger partial charge in [-0.25, -0.2) is 9.97 Å². The van der Waals surface area contributed by atoms with E-state index in [1.807, 2.05) is 24.3 Å². The monoisotopic (exact) mass is 361 g/mol. The molecule has 7 heteroatoms. The van der Waals surface area contributed by atoms with Gasteiger partial charge in [0.2, 0.25) is 0 Å². The molecule has 3 heterocycles. The summed E-state index contributed by atoms with van der Waals surface area (Å²) in [6.07, 6.45) is 2.63. The van der Waals surface area contributed by atoms with Gasteiger partial charge >= 0.3 is 0 Å². The SMILES string of the molecule is Clc1ccc(-c2cc3ncnc(NCC4CCOCO4)c3s2)cc1. The molecule has 1 N–H and O–H groups in total. The average Bonchev–Trinajstić information content (AvgIpc) is 3.06. The van der Waals surface area contributed by atoms with Gasteiger partial charge in [0.25, 0.3) is 0 Å². The minimum Gasteiger partial charge on any atom is -0.366 e. The average molecular weight is 362 g/mol. The van der Waals surface area contributed by atoms with Crippen LogP contribution in [0, 0.1) is 0 Å². The topological polar surface area (TPSA) is 56.3 Å². The lowest BCUT2D eigenvalue weighted by Crippen LogP contribution is -2.30. The first kappa shape index (κ1) is 15.8. The third kappa shape index (κ3) is 3.37. The van der Waals surface area contributed by atoms with Crippen LogP contribution in [0.2, 0.25) is 5.02 Å². The molecule has 5 nitrogen and oxygen atoms in total. The number of ether oxygens (including phenoxy) is 2. The number of fused-ring (bicyclic) bond motifs is 1. The number of benzene rings is 1. The van der Waals surface area contributed by atoms with E-state index in [1.165, 1.54) is 0 Å². The maximum Gasteiger partial charge on any atom is 0.147 e. The molecule has 4 rings (SSSR count). The van der Waals surface area contributed by atoms with Crippen LogP contribution < -0.4 is 5.32 Å². The first-order chi connectivity index (χ1) is 11.8. The van der Waals surface area contributed by atoms with Crippen LogP contribution in [0.5, 0.6) is 0 Å². The van der Waals surface area contributed by atoms with Crippen molar-refractivity contribution in [3.63, 3.8) is 0 Å². The van der Waals surface area contributed by atoms with E-state index < -0.39 is 0 Å². The summed E-state index contributed by atoms with van der Waals surface area (Å²) in [5, 5.41) is 4.12. The fourth-order valence-electron chi connectivity index (χ4n) is 2.61. The summed E-state index contributed by atoms with van der Waals surface area (Å²) in [6, 6.07) is 9.91. The van der Waals surface area contributed by atoms with E-state index >= 15 is 0 Å². The second kappa shape index (κ2) is 7.03. The Morgan fingerprint density at radius 2 is 2.12 bits per heavy atom. The van der Waals surface area contributed by atoms with Gasteiger partial charge in [0.1, 0.15) is 18.9 Å². The predicted molar refractivity (Wildman–Crippen MR) is 96.7 cm³/mol. The van der Waals surface area contributed by atoms with Gasteiger partial charge in [-0.05, 0) is 30.2 Å². The number of thiophene rings is 1. The molecule has 0 aliphatic carbocycles. The first-order valence-corrected chi connectivity index (χ1v) is 8.93. The van der Waals surface area contributed by atoms with E-state index in [9.17, 15) is 0 Å². The molecule has 1 aliphatic rings. The van der Waals surface area contributed by atoms with Gasteiger partial charge < -0.3 is 14.8 Å². The zero-order valence-corrected chi connectivity index (χ0v) is 14.4. The van der Waals surface area contributed by atoms with Crippen LogP contribution in [-0.4, -0.2) is 36.0 Å². The van der Waals surface area contributed by atoms with Gasteiger partial charge in [0, 0.05) is 16.4 Å². The predicted octanol–water partition coefficient (Wildman–Crippen LogP) is 4.19. The number of hydrogen-bond donors (Lipinski definition) is 1. The van der Waals surface area contributed by atoms with Crippen molar-refractivity contribution in [2.45, 2.75) is 12.5 Å². The minimum absolute atomic E-state index is 0.152. The molecule has 1 fully saturated rings. The van der Waals surface area contributed by atoms with E-state index in [2.05, 4.69) is 21.4 Å². The van der Waals surface area contributed by atoms with E-state index in [1.54, 1.807) is 17.7 Å². The van der Waals surface area contributed by atoms with E-state index in [0.717, 1.165) is 44.5 Å². The third-order valence-corrected chi connectivity index (χ3v) is 5.34. The lowest BCUT2D eigenvalue weighted by molar-refractivity contribution is -0.133. The van der Waals surface area contributed by atoms with Gasteiger partial charge in [0.05, 0.1) is 22.9 Å². The minimum atomic E-state index is 0.152. The van der Waals surface area contributed by atoms with Gasteiger partial charge in [-0.15, -0.1) is 11.3 Å². The lowest BCUT2D eigenvalue weighted by Gasteiger charge is -2.23. The van der Waals surface area contributed by atoms with Gasteiger partial charge in [-0.2, -0.15) is 0 Å². The van der Waals surface area contributed by atoms with Crippen LogP contribution in [0.1, 0.15) is 6.42 Å². The van der Waals surface area contributed by atoms with Crippen LogP contribution in [0.3, 0.4) is 0 Å². The van der Waals surface area contributed by atoms with E-state index in [-0.39, 0.29) is 6.10 Å². The van der Waals surface area contributed by atoms with Crippen LogP contribution in [-0.2, 0) is 9.47 Å². The highest BCUT2D eigenvalue weighted by atomic mass is 35.5. The Morgan fingerprint density at radius 1 is 1.25 bits per heavy atom. The number of nitrogens with one attached hydrogen (secondary N) is 1. The number of anilines is 1. The van der Waals surface area contributed by atoms with Crippen molar-refractivity contribution in [2.24, 2.45) is 0 Å². The van der Waals surface area contributed by atoms with E-state index in [4.69, 9.17) is 21.1 Å². The molecular weight excluding hydrogens is 346 g/mol. The molecule has 2 aromatic heterocycles. The molecule has 0 spiro atoms. The molecule has 0 amide bonds. The zero-order chi connectivity index (χ0) is 16.4. The summed E-state index contributed by atoms with van der Waals surface area (Å²) < 4.78 is 11.8. The standard InChI is InChI=1S/C17H16ClN3O2S/c18-12-3-1-11(2-4-12)15-7-14-16(24-15)17(21-9-20-14)19-8-13-5-6-22-10-23-13/h1-4,7,9,13H,5-6,8,10H2,(H,19,20,21). The summed E-state index contributed by atoms with van der Waals surface area (Å²) in [6.45, 7) is 1.82. The highest BCUT2D eigenvalue weighted by Crippen LogP contribution is 2.36. The fraction of sp³-hybridized carbons (Fsp3) is 0.294. The van der Waals surface area contributed by atoms with Crippen molar-refractivity contribution in [3.05, 3.63) is 41.7 Å². The van der Waals surface area contributed by atoms with Gasteiger partial charge in [-0.3, -0.25) is 0 Å². The number of nitrogens with zero attached hydrogens (tertiary/aromatic N) is 2. The van der Waals surface area contributed by atoms with Gasteiger partial charge in [0.15, 0.2) is 0 Å². The smallest absolute Gasteiger partial charge is 0.147 e. The second-order valence-electron chi connectivity index (χ2n) is 5.54. The molecule has 24 heavy (non-hydrogen) atoms. The maximum atomic E-state index is 5.97. The molecule has 1 saturated heterocycles. The van der Waals surface area contributed by atoms with E-state index in [0.29, 0.717) is 13.3 Å². The highest BCUT2D eigenvalue weighted by molar-refractivity contribution is 7.22. The van der Waals surface area contributed by atoms with Crippen LogP contribution >= 0.6 is 22.9 Å². The molecular formula is C17H16ClN3O2S. The summed E-state index contributed by atoms with van der Waals surface area (Å²) in [5.41, 5.74) is 2.07. The van der Waals surface area contributed by atoms with Crippen LogP contribution in [0.25, 0.3) is 20.7 Å². The van der Waals surface area contributed by atoms with Crippen molar-refractivity contribution in [3.8, 4) is 10.4 Å². The quantitative estimate of drug-likeness (QED) is 0.755. The number of aromatic nitrogens is 2. The number of hydrogen-bond acceptors (Lipinski definition) is 6. The third-order valence-electron chi connectivity index (χ3n) is 3.91. The lowest BCUT2D eigenvalue weighted by atomic mass is 10.2. The van der Waals surface area contributed by atoms with Crippen LogP contribution in [0.4, 0.5) is 5.82 Å². The number of halogens is 1. The number of rotatable bonds is 4. The molecule has 1 aromatic carbocycles. The molecule has 3 aromatic rings. The zero-order valence-electron chi connectivity index (χ0n) is 12.9. The van der Waals surface area contributed by atoms with Crippen molar-refractivity contribution >= 4 is 39.0 Å². The van der Waals surface area contributed by atoms with Gasteiger partial charge in [-0.1, -0.05) is 23.7 Å². The summed E-state index contributed by atoms with van der Waals surface area (Å²) in [5.74, 6) is 0.848. The summed E-state index contributed by atoms with van der Waals surface area (Å²) in [7, 11) is 0. The summed E-state index contributed by atoms with van der Waals surface area (Å²) in [4.78, 5) is 9.92. The molecule has 0 bridgehead atoms. The Labute approximate surface area is 148 Å². The maximum absolute atomic E-state index is 5.97. The highest BCUT2D eigenvalue weighted by Gasteiger charge is 2.16. The van der Waals surface area contributed by atoms with Crippen molar-refractivity contribution < 1.29 is 9.47 Å².